The normalized spacial score (nSPS) is 11.5. The van der Waals surface area contributed by atoms with Crippen LogP contribution < -0.4 is 0 Å². The fraction of sp³-hybridized carbons (Fsp3) is 0.231. The van der Waals surface area contributed by atoms with E-state index in [1.807, 2.05) is 32.2 Å². The number of nitrogens with zero attached hydrogens (tertiary/aromatic N) is 3. The van der Waals surface area contributed by atoms with Gasteiger partial charge >= 0.3 is 5.97 Å². The molecular weight excluding hydrogens is 230 g/mol. The van der Waals surface area contributed by atoms with Gasteiger partial charge in [-0.25, -0.2) is 9.78 Å². The SMILES string of the molecule is Cc1ccc2c(c1)nc1n(C)c(C)c(C(=O)O)n21. The van der Waals surface area contributed by atoms with Gasteiger partial charge in [-0.3, -0.25) is 4.40 Å². The Morgan fingerprint density at radius 2 is 2.06 bits per heavy atom. The van der Waals surface area contributed by atoms with Crippen LogP contribution in [-0.2, 0) is 7.05 Å². The second kappa shape index (κ2) is 3.35. The molecule has 0 atom stereocenters. The molecule has 0 aliphatic carbocycles. The zero-order chi connectivity index (χ0) is 13.0. The zero-order valence-corrected chi connectivity index (χ0v) is 10.4. The molecule has 0 unspecified atom stereocenters. The highest BCUT2D eigenvalue weighted by Crippen LogP contribution is 2.23. The minimum absolute atomic E-state index is 0.277. The lowest BCUT2D eigenvalue weighted by molar-refractivity contribution is 0.0688. The number of benzene rings is 1. The first kappa shape index (κ1) is 10.8. The van der Waals surface area contributed by atoms with E-state index in [2.05, 4.69) is 4.98 Å². The van der Waals surface area contributed by atoms with E-state index in [1.165, 1.54) is 0 Å². The Balaban J connectivity index is 2.58. The number of hydrogen-bond donors (Lipinski definition) is 1. The lowest BCUT2D eigenvalue weighted by Crippen LogP contribution is -2.03. The van der Waals surface area contributed by atoms with Crippen LogP contribution in [0, 0.1) is 13.8 Å². The Bertz CT molecular complexity index is 796. The van der Waals surface area contributed by atoms with Crippen molar-refractivity contribution in [1.29, 1.82) is 0 Å². The van der Waals surface area contributed by atoms with Crippen LogP contribution in [0.3, 0.4) is 0 Å². The molecule has 18 heavy (non-hydrogen) atoms. The van der Waals surface area contributed by atoms with Crippen LogP contribution in [0.2, 0.25) is 0 Å². The van der Waals surface area contributed by atoms with E-state index in [0.29, 0.717) is 11.5 Å². The minimum atomic E-state index is -0.932. The molecule has 0 bridgehead atoms. The van der Waals surface area contributed by atoms with Crippen molar-refractivity contribution < 1.29 is 9.90 Å². The summed E-state index contributed by atoms with van der Waals surface area (Å²) < 4.78 is 3.51. The monoisotopic (exact) mass is 243 g/mol. The van der Waals surface area contributed by atoms with E-state index in [1.54, 1.807) is 15.9 Å². The average Bonchev–Trinajstić information content (AvgIpc) is 2.76. The molecule has 92 valence electrons. The van der Waals surface area contributed by atoms with E-state index in [9.17, 15) is 9.90 Å². The first-order chi connectivity index (χ1) is 8.50. The molecule has 2 aromatic heterocycles. The molecule has 3 aromatic rings. The van der Waals surface area contributed by atoms with Crippen molar-refractivity contribution in [3.05, 3.63) is 35.2 Å². The Morgan fingerprint density at radius 3 is 2.72 bits per heavy atom. The Labute approximate surface area is 103 Å². The van der Waals surface area contributed by atoms with Crippen molar-refractivity contribution in [2.24, 2.45) is 7.05 Å². The summed E-state index contributed by atoms with van der Waals surface area (Å²) in [7, 11) is 1.83. The number of carboxylic acids is 1. The van der Waals surface area contributed by atoms with Crippen LogP contribution in [-0.4, -0.2) is 25.0 Å². The number of fused-ring (bicyclic) bond motifs is 3. The minimum Gasteiger partial charge on any atom is -0.477 e. The number of carboxylic acid groups (broad SMARTS) is 1. The second-order valence-corrected chi connectivity index (χ2v) is 4.54. The third-order valence-electron chi connectivity index (χ3n) is 3.36. The molecule has 0 aliphatic rings. The quantitative estimate of drug-likeness (QED) is 0.712. The van der Waals surface area contributed by atoms with Crippen molar-refractivity contribution in [3.8, 4) is 0 Å². The summed E-state index contributed by atoms with van der Waals surface area (Å²) in [4.78, 5) is 15.9. The number of rotatable bonds is 1. The largest absolute Gasteiger partial charge is 0.477 e. The van der Waals surface area contributed by atoms with Gasteiger partial charge in [0, 0.05) is 12.7 Å². The molecule has 5 nitrogen and oxygen atoms in total. The maximum absolute atomic E-state index is 11.4. The number of aryl methyl sites for hydroxylation is 2. The maximum Gasteiger partial charge on any atom is 0.354 e. The van der Waals surface area contributed by atoms with Crippen molar-refractivity contribution in [2.75, 3.05) is 0 Å². The second-order valence-electron chi connectivity index (χ2n) is 4.54. The van der Waals surface area contributed by atoms with Crippen molar-refractivity contribution >= 4 is 22.8 Å². The number of aromatic nitrogens is 3. The predicted octanol–water partition coefficient (Wildman–Crippen LogP) is 2.14. The summed E-state index contributed by atoms with van der Waals surface area (Å²) in [5, 5.41) is 9.35. The highest BCUT2D eigenvalue weighted by molar-refractivity contribution is 5.92. The summed E-state index contributed by atoms with van der Waals surface area (Å²) in [6.07, 6.45) is 0. The summed E-state index contributed by atoms with van der Waals surface area (Å²) in [5.74, 6) is -0.275. The van der Waals surface area contributed by atoms with E-state index in [4.69, 9.17) is 0 Å². The highest BCUT2D eigenvalue weighted by Gasteiger charge is 2.21. The fourth-order valence-electron chi connectivity index (χ4n) is 2.34. The Kier molecular flexibility index (Phi) is 2.02. The van der Waals surface area contributed by atoms with Crippen molar-refractivity contribution in [3.63, 3.8) is 0 Å². The molecule has 1 aromatic carbocycles. The van der Waals surface area contributed by atoms with E-state index < -0.39 is 5.97 Å². The van der Waals surface area contributed by atoms with Crippen LogP contribution in [0.25, 0.3) is 16.8 Å². The van der Waals surface area contributed by atoms with E-state index in [-0.39, 0.29) is 5.69 Å². The topological polar surface area (TPSA) is 59.5 Å². The summed E-state index contributed by atoms with van der Waals surface area (Å²) in [6.45, 7) is 3.78. The van der Waals surface area contributed by atoms with Gasteiger partial charge in [-0.15, -0.1) is 0 Å². The van der Waals surface area contributed by atoms with Gasteiger partial charge < -0.3 is 9.67 Å². The summed E-state index contributed by atoms with van der Waals surface area (Å²) in [5.41, 5.74) is 3.74. The van der Waals surface area contributed by atoms with Crippen molar-refractivity contribution in [1.82, 2.24) is 14.0 Å². The van der Waals surface area contributed by atoms with E-state index in [0.717, 1.165) is 16.6 Å². The van der Waals surface area contributed by atoms with Gasteiger partial charge in [-0.05, 0) is 31.5 Å². The van der Waals surface area contributed by atoms with Crippen LogP contribution >= 0.6 is 0 Å². The first-order valence-corrected chi connectivity index (χ1v) is 5.68. The average molecular weight is 243 g/mol. The van der Waals surface area contributed by atoms with Crippen LogP contribution in [0.1, 0.15) is 21.7 Å². The smallest absolute Gasteiger partial charge is 0.354 e. The number of hydrogen-bond acceptors (Lipinski definition) is 2. The maximum atomic E-state index is 11.4. The third-order valence-corrected chi connectivity index (χ3v) is 3.36. The molecule has 0 spiro atoms. The van der Waals surface area contributed by atoms with Crippen LogP contribution in [0.5, 0.6) is 0 Å². The zero-order valence-electron chi connectivity index (χ0n) is 10.4. The van der Waals surface area contributed by atoms with Gasteiger partial charge in [0.05, 0.1) is 11.0 Å². The molecule has 0 saturated heterocycles. The highest BCUT2D eigenvalue weighted by atomic mass is 16.4. The van der Waals surface area contributed by atoms with Gasteiger partial charge in [0.15, 0.2) is 5.69 Å². The van der Waals surface area contributed by atoms with Gasteiger partial charge in [-0.2, -0.15) is 0 Å². The molecule has 0 saturated carbocycles. The van der Waals surface area contributed by atoms with Gasteiger partial charge in [0.25, 0.3) is 0 Å². The Hall–Kier alpha value is -2.30. The molecule has 5 heteroatoms. The molecule has 0 amide bonds. The Morgan fingerprint density at radius 1 is 1.33 bits per heavy atom. The molecule has 0 radical (unpaired) electrons. The molecule has 2 heterocycles. The van der Waals surface area contributed by atoms with Gasteiger partial charge in [0.1, 0.15) is 0 Å². The lowest BCUT2D eigenvalue weighted by Gasteiger charge is -1.98. The van der Waals surface area contributed by atoms with Crippen LogP contribution in [0.4, 0.5) is 0 Å². The molecule has 3 rings (SSSR count). The summed E-state index contributed by atoms with van der Waals surface area (Å²) in [6, 6.07) is 5.84. The molecule has 0 aliphatic heterocycles. The third kappa shape index (κ3) is 1.21. The summed E-state index contributed by atoms with van der Waals surface area (Å²) >= 11 is 0. The number of carbonyl (C=O) groups is 1. The fourth-order valence-corrected chi connectivity index (χ4v) is 2.34. The van der Waals surface area contributed by atoms with Gasteiger partial charge in [-0.1, -0.05) is 6.07 Å². The van der Waals surface area contributed by atoms with Crippen molar-refractivity contribution in [2.45, 2.75) is 13.8 Å². The standard InChI is InChI=1S/C13H13N3O2/c1-7-4-5-10-9(6-7)14-13-15(3)8(2)11(12(17)18)16(10)13/h4-6H,1-3H3,(H,17,18). The van der Waals surface area contributed by atoms with Gasteiger partial charge in [0.2, 0.25) is 5.78 Å². The number of imidazole rings is 2. The lowest BCUT2D eigenvalue weighted by atomic mass is 10.2. The van der Waals surface area contributed by atoms with Crippen LogP contribution in [0.15, 0.2) is 18.2 Å². The molecule has 0 fully saturated rings. The first-order valence-electron chi connectivity index (χ1n) is 5.68. The molecule has 1 N–H and O–H groups in total. The molecular formula is C13H13N3O2. The predicted molar refractivity (Wildman–Crippen MR) is 68.1 cm³/mol. The number of aromatic carboxylic acids is 1. The van der Waals surface area contributed by atoms with E-state index >= 15 is 0 Å².